The molecule has 1 N–H and O–H groups in total. The fraction of sp³-hybridized carbons (Fsp3) is 0.571. The minimum atomic E-state index is -0.232. The van der Waals surface area contributed by atoms with E-state index in [9.17, 15) is 9.50 Å². The van der Waals surface area contributed by atoms with Crippen LogP contribution in [0.3, 0.4) is 0 Å². The summed E-state index contributed by atoms with van der Waals surface area (Å²) in [5, 5.41) is 9.71. The minimum absolute atomic E-state index is 0.0876. The average Bonchev–Trinajstić information content (AvgIpc) is 2.82. The van der Waals surface area contributed by atoms with Crippen LogP contribution in [-0.2, 0) is 5.41 Å². The van der Waals surface area contributed by atoms with Gasteiger partial charge in [0.25, 0.3) is 0 Å². The molecule has 94 valence electrons. The van der Waals surface area contributed by atoms with Crippen LogP contribution in [0.5, 0.6) is 0 Å². The second kappa shape index (κ2) is 3.70. The van der Waals surface area contributed by atoms with E-state index in [1.165, 1.54) is 6.07 Å². The molecule has 0 spiro atoms. The van der Waals surface area contributed by atoms with E-state index in [1.807, 2.05) is 25.1 Å². The molecule has 1 saturated carbocycles. The summed E-state index contributed by atoms with van der Waals surface area (Å²) in [6, 6.07) is 4.84. The van der Waals surface area contributed by atoms with E-state index in [0.29, 0.717) is 0 Å². The van der Waals surface area contributed by atoms with Gasteiger partial charge in [0.2, 0.25) is 0 Å². The molecule has 1 aromatic rings. The molecule has 3 heteroatoms. The van der Waals surface area contributed by atoms with Crippen LogP contribution < -0.4 is 4.90 Å². The van der Waals surface area contributed by atoms with Gasteiger partial charge in [-0.2, -0.15) is 0 Å². The van der Waals surface area contributed by atoms with Gasteiger partial charge in [0.05, 0.1) is 6.61 Å². The van der Waals surface area contributed by atoms with Crippen molar-refractivity contribution in [3.8, 4) is 0 Å². The Morgan fingerprint density at radius 3 is 2.35 bits per heavy atom. The number of aliphatic hydroxyl groups is 1. The number of nitrogens with zero attached hydrogens (tertiary/aromatic N) is 1. The normalized spacial score (nSPS) is 25.8. The quantitative estimate of drug-likeness (QED) is 0.873. The van der Waals surface area contributed by atoms with Gasteiger partial charge in [-0.15, -0.1) is 0 Å². The van der Waals surface area contributed by atoms with E-state index in [2.05, 4.69) is 13.8 Å². The van der Waals surface area contributed by atoms with E-state index < -0.39 is 0 Å². The lowest BCUT2D eigenvalue weighted by atomic mass is 9.87. The van der Waals surface area contributed by atoms with Crippen LogP contribution in [0.25, 0.3) is 0 Å². The monoisotopic (exact) mass is 237 g/mol. The van der Waals surface area contributed by atoms with E-state index in [4.69, 9.17) is 0 Å². The molecular weight excluding hydrogens is 217 g/mol. The average molecular weight is 237 g/mol. The number of halogens is 1. The van der Waals surface area contributed by atoms with Crippen molar-refractivity contribution in [2.45, 2.75) is 25.7 Å². The first-order valence-corrected chi connectivity index (χ1v) is 5.92. The minimum Gasteiger partial charge on any atom is -0.395 e. The standard InChI is InChI=1S/C14H20FNO/c1-13(2)8-14(13,9-17)11-6-5-10(15)7-12(11)16(3)4/h5-7,17H,8-9H2,1-4H3. The van der Waals surface area contributed by atoms with Crippen molar-refractivity contribution >= 4 is 5.69 Å². The molecule has 2 rings (SSSR count). The molecule has 1 unspecified atom stereocenters. The zero-order chi connectivity index (χ0) is 12.8. The van der Waals surface area contributed by atoms with Crippen LogP contribution in [-0.4, -0.2) is 25.8 Å². The highest BCUT2D eigenvalue weighted by molar-refractivity contribution is 5.59. The van der Waals surface area contributed by atoms with Gasteiger partial charge in [0.1, 0.15) is 5.82 Å². The Morgan fingerprint density at radius 2 is 1.94 bits per heavy atom. The third-order valence-corrected chi connectivity index (χ3v) is 4.14. The second-order valence-corrected chi connectivity index (χ2v) is 5.86. The van der Waals surface area contributed by atoms with Gasteiger partial charge >= 0.3 is 0 Å². The van der Waals surface area contributed by atoms with Gasteiger partial charge in [-0.3, -0.25) is 0 Å². The number of hydrogen-bond acceptors (Lipinski definition) is 2. The fourth-order valence-corrected chi connectivity index (χ4v) is 2.80. The first-order valence-electron chi connectivity index (χ1n) is 5.92. The highest BCUT2D eigenvalue weighted by Gasteiger charge is 2.62. The van der Waals surface area contributed by atoms with Crippen LogP contribution in [0, 0.1) is 11.2 Å². The fourth-order valence-electron chi connectivity index (χ4n) is 2.80. The molecule has 1 aliphatic rings. The largest absolute Gasteiger partial charge is 0.395 e. The highest BCUT2D eigenvalue weighted by Crippen LogP contribution is 2.65. The Labute approximate surface area is 102 Å². The molecule has 1 fully saturated rings. The number of anilines is 1. The van der Waals surface area contributed by atoms with E-state index in [0.717, 1.165) is 17.7 Å². The molecule has 0 amide bonds. The van der Waals surface area contributed by atoms with Gasteiger partial charge in [-0.1, -0.05) is 19.9 Å². The topological polar surface area (TPSA) is 23.5 Å². The maximum absolute atomic E-state index is 13.3. The zero-order valence-corrected chi connectivity index (χ0v) is 10.9. The van der Waals surface area contributed by atoms with Crippen molar-refractivity contribution in [2.75, 3.05) is 25.6 Å². The Morgan fingerprint density at radius 1 is 1.35 bits per heavy atom. The van der Waals surface area contributed by atoms with E-state index in [1.54, 1.807) is 6.07 Å². The first-order chi connectivity index (χ1) is 7.84. The molecule has 2 nitrogen and oxygen atoms in total. The summed E-state index contributed by atoms with van der Waals surface area (Å²) in [6.45, 7) is 4.41. The molecule has 1 aliphatic carbocycles. The van der Waals surface area contributed by atoms with Gasteiger partial charge < -0.3 is 10.0 Å². The zero-order valence-electron chi connectivity index (χ0n) is 10.9. The van der Waals surface area contributed by atoms with E-state index in [-0.39, 0.29) is 23.3 Å². The molecule has 0 aromatic heterocycles. The van der Waals surface area contributed by atoms with Crippen LogP contribution in [0.1, 0.15) is 25.8 Å². The Kier molecular flexibility index (Phi) is 2.69. The Balaban J connectivity index is 2.53. The summed E-state index contributed by atoms with van der Waals surface area (Å²) >= 11 is 0. The second-order valence-electron chi connectivity index (χ2n) is 5.86. The van der Waals surface area contributed by atoms with Crippen molar-refractivity contribution in [3.05, 3.63) is 29.6 Å². The van der Waals surface area contributed by atoms with Crippen LogP contribution in [0.2, 0.25) is 0 Å². The van der Waals surface area contributed by atoms with Gasteiger partial charge in [0.15, 0.2) is 0 Å². The Hall–Kier alpha value is -1.09. The van der Waals surface area contributed by atoms with Crippen molar-refractivity contribution in [3.63, 3.8) is 0 Å². The SMILES string of the molecule is CN(C)c1cc(F)ccc1C1(CO)CC1(C)C. The predicted molar refractivity (Wildman–Crippen MR) is 67.9 cm³/mol. The summed E-state index contributed by atoms with van der Waals surface area (Å²) < 4.78 is 13.3. The summed E-state index contributed by atoms with van der Waals surface area (Å²) in [5.41, 5.74) is 1.80. The van der Waals surface area contributed by atoms with Crippen molar-refractivity contribution < 1.29 is 9.50 Å². The summed E-state index contributed by atoms with van der Waals surface area (Å²) in [6.07, 6.45) is 0.947. The smallest absolute Gasteiger partial charge is 0.125 e. The van der Waals surface area contributed by atoms with Crippen molar-refractivity contribution in [1.29, 1.82) is 0 Å². The van der Waals surface area contributed by atoms with Crippen LogP contribution >= 0.6 is 0 Å². The lowest BCUT2D eigenvalue weighted by molar-refractivity contribution is 0.231. The first kappa shape index (κ1) is 12.4. The maximum atomic E-state index is 13.3. The maximum Gasteiger partial charge on any atom is 0.125 e. The highest BCUT2D eigenvalue weighted by atomic mass is 19.1. The summed E-state index contributed by atoms with van der Waals surface area (Å²) in [4.78, 5) is 1.91. The summed E-state index contributed by atoms with van der Waals surface area (Å²) in [7, 11) is 3.80. The molecule has 1 aromatic carbocycles. The molecule has 0 aliphatic heterocycles. The third-order valence-electron chi connectivity index (χ3n) is 4.14. The molecule has 0 heterocycles. The molecule has 17 heavy (non-hydrogen) atoms. The number of benzene rings is 1. The molecule has 0 bridgehead atoms. The molecule has 0 saturated heterocycles. The van der Waals surface area contributed by atoms with Crippen LogP contribution in [0.4, 0.5) is 10.1 Å². The third kappa shape index (κ3) is 1.73. The molecular formula is C14H20FNO. The Bertz CT molecular complexity index is 442. The number of hydrogen-bond donors (Lipinski definition) is 1. The van der Waals surface area contributed by atoms with Gasteiger partial charge in [-0.05, 0) is 29.5 Å². The molecule has 0 radical (unpaired) electrons. The summed E-state index contributed by atoms with van der Waals surface area (Å²) in [5.74, 6) is -0.232. The van der Waals surface area contributed by atoms with Crippen LogP contribution in [0.15, 0.2) is 18.2 Å². The van der Waals surface area contributed by atoms with Crippen molar-refractivity contribution in [2.24, 2.45) is 5.41 Å². The van der Waals surface area contributed by atoms with Crippen molar-refractivity contribution in [1.82, 2.24) is 0 Å². The lowest BCUT2D eigenvalue weighted by Crippen LogP contribution is -2.23. The predicted octanol–water partition coefficient (Wildman–Crippen LogP) is 2.55. The number of rotatable bonds is 3. The lowest BCUT2D eigenvalue weighted by Gasteiger charge is -2.25. The van der Waals surface area contributed by atoms with Gasteiger partial charge in [-0.25, -0.2) is 4.39 Å². The van der Waals surface area contributed by atoms with Gasteiger partial charge in [0, 0.05) is 25.2 Å². The number of aliphatic hydroxyl groups excluding tert-OH is 1. The molecule has 1 atom stereocenters. The van der Waals surface area contributed by atoms with E-state index >= 15 is 0 Å².